The van der Waals surface area contributed by atoms with Crippen LogP contribution in [0.3, 0.4) is 0 Å². The summed E-state index contributed by atoms with van der Waals surface area (Å²) in [6.45, 7) is 3.96. The number of fused-ring (bicyclic) bond motifs is 1. The Kier molecular flexibility index (Phi) is 5.88. The lowest BCUT2D eigenvalue weighted by molar-refractivity contribution is 0.0527. The van der Waals surface area contributed by atoms with Gasteiger partial charge in [0.15, 0.2) is 17.5 Å². The third kappa shape index (κ3) is 4.43. The molecule has 0 fully saturated rings. The summed E-state index contributed by atoms with van der Waals surface area (Å²) in [6, 6.07) is 19.2. The summed E-state index contributed by atoms with van der Waals surface area (Å²) in [5, 5.41) is 17.1. The minimum Gasteiger partial charge on any atom is -0.462 e. The topological polar surface area (TPSA) is 94.8 Å². The first-order chi connectivity index (χ1) is 17.0. The van der Waals surface area contributed by atoms with E-state index in [-0.39, 0.29) is 18.0 Å². The molecule has 0 saturated heterocycles. The molecular weight excluding hydrogens is 447 g/mol. The predicted octanol–water partition coefficient (Wildman–Crippen LogP) is 5.25. The number of ether oxygens (including phenoxy) is 1. The molecule has 5 rings (SSSR count). The molecule has 5 aromatic rings. The van der Waals surface area contributed by atoms with Gasteiger partial charge in [-0.15, -0.1) is 10.2 Å². The molecule has 0 amide bonds. The molecule has 0 aliphatic heterocycles. The van der Waals surface area contributed by atoms with Crippen molar-refractivity contribution in [3.8, 4) is 17.1 Å². The largest absolute Gasteiger partial charge is 0.462 e. The van der Waals surface area contributed by atoms with Crippen LogP contribution in [0.5, 0.6) is 0 Å². The second-order valence-electron chi connectivity index (χ2n) is 7.79. The Labute approximate surface area is 200 Å². The smallest absolute Gasteiger partial charge is 0.343 e. The van der Waals surface area contributed by atoms with Crippen molar-refractivity contribution < 1.29 is 13.9 Å². The van der Waals surface area contributed by atoms with Crippen LogP contribution >= 0.6 is 0 Å². The zero-order chi connectivity index (χ0) is 24.4. The Morgan fingerprint density at radius 2 is 1.86 bits per heavy atom. The number of nitrogens with one attached hydrogen (secondary N) is 1. The summed E-state index contributed by atoms with van der Waals surface area (Å²) in [7, 11) is 0. The van der Waals surface area contributed by atoms with Crippen LogP contribution in [0.2, 0.25) is 0 Å². The summed E-state index contributed by atoms with van der Waals surface area (Å²) < 4.78 is 20.0. The number of halogens is 1. The van der Waals surface area contributed by atoms with Crippen LogP contribution in [0.4, 0.5) is 16.0 Å². The van der Waals surface area contributed by atoms with Crippen LogP contribution in [0.25, 0.3) is 28.0 Å². The number of hydrogen-bond donors (Lipinski definition) is 1. The van der Waals surface area contributed by atoms with Crippen molar-refractivity contribution in [2.75, 3.05) is 11.9 Å². The highest BCUT2D eigenvalue weighted by Gasteiger charge is 2.21. The van der Waals surface area contributed by atoms with E-state index < -0.39 is 5.97 Å². The van der Waals surface area contributed by atoms with Gasteiger partial charge in [0, 0.05) is 10.9 Å². The summed E-state index contributed by atoms with van der Waals surface area (Å²) in [6.07, 6.45) is 1.44. The van der Waals surface area contributed by atoms with E-state index in [4.69, 9.17) is 9.72 Å². The van der Waals surface area contributed by atoms with Gasteiger partial charge in [0.2, 0.25) is 0 Å². The predicted molar refractivity (Wildman–Crippen MR) is 130 cm³/mol. The van der Waals surface area contributed by atoms with Crippen molar-refractivity contribution in [3.05, 3.63) is 89.9 Å². The molecule has 8 nitrogen and oxygen atoms in total. The van der Waals surface area contributed by atoms with E-state index >= 15 is 0 Å². The molecule has 35 heavy (non-hydrogen) atoms. The Balaban J connectivity index is 1.54. The number of hydrogen-bond acceptors (Lipinski definition) is 7. The van der Waals surface area contributed by atoms with Gasteiger partial charge in [-0.3, -0.25) is 0 Å². The van der Waals surface area contributed by atoms with Crippen LogP contribution in [-0.4, -0.2) is 37.5 Å². The number of rotatable bonds is 6. The normalized spacial score (nSPS) is 10.9. The average Bonchev–Trinajstić information content (AvgIpc) is 3.29. The third-order valence-electron chi connectivity index (χ3n) is 5.44. The van der Waals surface area contributed by atoms with Gasteiger partial charge in [0.1, 0.15) is 11.4 Å². The summed E-state index contributed by atoms with van der Waals surface area (Å²) in [4.78, 5) is 17.4. The molecule has 0 atom stereocenters. The van der Waals surface area contributed by atoms with Gasteiger partial charge in [-0.25, -0.2) is 14.2 Å². The molecule has 0 spiro atoms. The van der Waals surface area contributed by atoms with E-state index in [1.165, 1.54) is 18.3 Å². The van der Waals surface area contributed by atoms with Gasteiger partial charge in [-0.05, 0) is 67.9 Å². The number of esters is 1. The van der Waals surface area contributed by atoms with Gasteiger partial charge < -0.3 is 10.1 Å². The van der Waals surface area contributed by atoms with Crippen molar-refractivity contribution in [2.24, 2.45) is 0 Å². The zero-order valence-corrected chi connectivity index (χ0v) is 19.1. The van der Waals surface area contributed by atoms with E-state index in [1.54, 1.807) is 35.9 Å². The highest BCUT2D eigenvalue weighted by molar-refractivity contribution is 5.95. The summed E-state index contributed by atoms with van der Waals surface area (Å²) >= 11 is 0. The van der Waals surface area contributed by atoms with E-state index in [0.29, 0.717) is 23.1 Å². The van der Waals surface area contributed by atoms with Crippen LogP contribution in [0.15, 0.2) is 72.9 Å². The quantitative estimate of drug-likeness (QED) is 0.340. The van der Waals surface area contributed by atoms with Crippen molar-refractivity contribution >= 4 is 28.5 Å². The second-order valence-corrected chi connectivity index (χ2v) is 7.79. The molecule has 174 valence electrons. The maximum Gasteiger partial charge on any atom is 0.343 e. The Morgan fingerprint density at radius 3 is 2.60 bits per heavy atom. The average molecular weight is 468 g/mol. The Bertz CT molecular complexity index is 1510. The molecule has 0 saturated carbocycles. The number of aromatic nitrogens is 5. The molecule has 0 aliphatic carbocycles. The van der Waals surface area contributed by atoms with Crippen LogP contribution in [-0.2, 0) is 4.74 Å². The molecule has 0 radical (unpaired) electrons. The molecule has 3 heterocycles. The lowest BCUT2D eigenvalue weighted by atomic mass is 10.1. The maximum absolute atomic E-state index is 13.2. The number of anilines is 2. The van der Waals surface area contributed by atoms with Gasteiger partial charge in [0.05, 0.1) is 24.0 Å². The van der Waals surface area contributed by atoms with E-state index in [9.17, 15) is 9.18 Å². The van der Waals surface area contributed by atoms with Gasteiger partial charge in [-0.2, -0.15) is 9.78 Å². The summed E-state index contributed by atoms with van der Waals surface area (Å²) in [5.74, 6) is 0.442. The molecule has 9 heteroatoms. The number of aryl methyl sites for hydroxylation is 1. The molecular formula is C26H21FN6O2. The number of carbonyl (C=O) groups excluding carboxylic acids is 1. The number of carbonyl (C=O) groups is 1. The van der Waals surface area contributed by atoms with Gasteiger partial charge >= 0.3 is 5.97 Å². The van der Waals surface area contributed by atoms with Crippen molar-refractivity contribution in [1.82, 2.24) is 25.0 Å². The Morgan fingerprint density at radius 1 is 1.06 bits per heavy atom. The minimum absolute atomic E-state index is 0.225. The SMILES string of the molecule is CCOC(=O)c1cnn(-c2cc(C)c3ccccc3n2)c1Nc1ccc(-c2ccc(F)cc2)nn1. The first-order valence-electron chi connectivity index (χ1n) is 11.0. The molecule has 0 unspecified atom stereocenters. The van der Waals surface area contributed by atoms with Crippen LogP contribution < -0.4 is 5.32 Å². The van der Waals surface area contributed by atoms with Crippen molar-refractivity contribution in [2.45, 2.75) is 13.8 Å². The van der Waals surface area contributed by atoms with Crippen molar-refractivity contribution in [3.63, 3.8) is 0 Å². The molecule has 0 bridgehead atoms. The van der Waals surface area contributed by atoms with Gasteiger partial charge in [-0.1, -0.05) is 18.2 Å². The fourth-order valence-electron chi connectivity index (χ4n) is 3.74. The molecule has 0 aliphatic rings. The maximum atomic E-state index is 13.2. The minimum atomic E-state index is -0.519. The highest BCUT2D eigenvalue weighted by atomic mass is 19.1. The first kappa shape index (κ1) is 22.1. The zero-order valence-electron chi connectivity index (χ0n) is 19.1. The third-order valence-corrected chi connectivity index (χ3v) is 5.44. The number of nitrogens with zero attached hydrogens (tertiary/aromatic N) is 5. The molecule has 1 N–H and O–H groups in total. The molecule has 3 aromatic heterocycles. The van der Waals surface area contributed by atoms with Crippen molar-refractivity contribution in [1.29, 1.82) is 0 Å². The van der Waals surface area contributed by atoms with Crippen LogP contribution in [0, 0.1) is 12.7 Å². The van der Waals surface area contributed by atoms with Gasteiger partial charge in [0.25, 0.3) is 0 Å². The number of pyridine rings is 1. The second kappa shape index (κ2) is 9.30. The summed E-state index contributed by atoms with van der Waals surface area (Å²) in [5.41, 5.74) is 3.39. The van der Waals surface area contributed by atoms with E-state index in [2.05, 4.69) is 20.6 Å². The highest BCUT2D eigenvalue weighted by Crippen LogP contribution is 2.27. The lowest BCUT2D eigenvalue weighted by Gasteiger charge is -2.12. The number of para-hydroxylation sites is 1. The fourth-order valence-corrected chi connectivity index (χ4v) is 3.74. The first-order valence-corrected chi connectivity index (χ1v) is 11.0. The van der Waals surface area contributed by atoms with E-state index in [1.807, 2.05) is 37.3 Å². The monoisotopic (exact) mass is 468 g/mol. The Hall–Kier alpha value is -4.66. The van der Waals surface area contributed by atoms with Crippen LogP contribution in [0.1, 0.15) is 22.8 Å². The van der Waals surface area contributed by atoms with E-state index in [0.717, 1.165) is 22.0 Å². The molecule has 2 aromatic carbocycles. The standard InChI is InChI=1S/C26H21FN6O2/c1-3-35-26(34)20-15-28-33(24-14-16(2)19-6-4-5-7-22(19)29-24)25(20)30-23-13-12-21(31-32-23)17-8-10-18(27)11-9-17/h4-15H,3H2,1-2H3,(H,30,32). The fraction of sp³-hybridized carbons (Fsp3) is 0.115. The number of benzene rings is 2. The lowest BCUT2D eigenvalue weighted by Crippen LogP contribution is -2.11.